The Kier molecular flexibility index (Phi) is 11.7. The minimum Gasteiger partial charge on any atom is -0.174 e. The largest absolute Gasteiger partial charge is 0.266 e. The third-order valence-corrected chi connectivity index (χ3v) is 4.16. The van der Waals surface area contributed by atoms with E-state index in [9.17, 15) is 8.78 Å². The van der Waals surface area contributed by atoms with Gasteiger partial charge in [-0.2, -0.15) is 8.78 Å². The maximum Gasteiger partial charge on any atom is 0.266 e. The quantitative estimate of drug-likeness (QED) is 0.259. The maximum absolute atomic E-state index is 11.9. The van der Waals surface area contributed by atoms with E-state index in [0.717, 1.165) is 55.7 Å². The zero-order valence-electron chi connectivity index (χ0n) is 14.5. The molecule has 0 aromatic rings. The summed E-state index contributed by atoms with van der Waals surface area (Å²) in [5.41, 5.74) is 2.28. The molecule has 0 aromatic carbocycles. The lowest BCUT2D eigenvalue weighted by Crippen LogP contribution is -2.02. The Bertz CT molecular complexity index is 387. The monoisotopic (exact) mass is 310 g/mol. The molecule has 0 nitrogen and oxygen atoms in total. The first kappa shape index (κ1) is 20.8. The van der Waals surface area contributed by atoms with Gasteiger partial charge in [-0.25, -0.2) is 0 Å². The summed E-state index contributed by atoms with van der Waals surface area (Å²) in [4.78, 5) is 0. The third-order valence-electron chi connectivity index (χ3n) is 4.16. The van der Waals surface area contributed by atoms with Gasteiger partial charge in [0.15, 0.2) is 0 Å². The SMILES string of the molecule is C=C(/C=C\C(=C)C(C)CCC(C)CCCCC=C(F)F)CC. The van der Waals surface area contributed by atoms with Crippen molar-refractivity contribution in [3.05, 3.63) is 48.6 Å². The fraction of sp³-hybridized carbons (Fsp3) is 0.600. The summed E-state index contributed by atoms with van der Waals surface area (Å²) in [6, 6.07) is 0. The Balaban J connectivity index is 3.86. The molecule has 2 unspecified atom stereocenters. The van der Waals surface area contributed by atoms with Crippen LogP contribution in [0, 0.1) is 11.8 Å². The number of halogens is 2. The van der Waals surface area contributed by atoms with Crippen molar-refractivity contribution in [1.29, 1.82) is 0 Å². The molecular weight excluding hydrogens is 278 g/mol. The average Bonchev–Trinajstić information content (AvgIpc) is 2.48. The molecule has 2 heteroatoms. The van der Waals surface area contributed by atoms with Crippen LogP contribution < -0.4 is 0 Å². The molecule has 0 aliphatic heterocycles. The van der Waals surface area contributed by atoms with Gasteiger partial charge in [-0.1, -0.05) is 76.5 Å². The van der Waals surface area contributed by atoms with Gasteiger partial charge in [-0.05, 0) is 43.6 Å². The zero-order chi connectivity index (χ0) is 17.0. The molecule has 0 aromatic heterocycles. The van der Waals surface area contributed by atoms with E-state index in [2.05, 4.69) is 46.1 Å². The summed E-state index contributed by atoms with van der Waals surface area (Å²) in [6.45, 7) is 14.6. The van der Waals surface area contributed by atoms with Gasteiger partial charge in [0.2, 0.25) is 0 Å². The first-order chi connectivity index (χ1) is 10.4. The van der Waals surface area contributed by atoms with Gasteiger partial charge in [0.1, 0.15) is 0 Å². The molecule has 0 radical (unpaired) electrons. The Hall–Kier alpha value is -1.18. The van der Waals surface area contributed by atoms with Crippen molar-refractivity contribution in [2.45, 2.75) is 65.7 Å². The lowest BCUT2D eigenvalue weighted by atomic mass is 9.90. The Morgan fingerprint density at radius 3 is 2.27 bits per heavy atom. The molecule has 0 amide bonds. The number of unbranched alkanes of at least 4 members (excludes halogenated alkanes) is 2. The van der Waals surface area contributed by atoms with E-state index in [1.165, 1.54) is 0 Å². The predicted octanol–water partition coefficient (Wildman–Crippen LogP) is 7.46. The molecule has 0 aliphatic carbocycles. The summed E-state index contributed by atoms with van der Waals surface area (Å²) in [7, 11) is 0. The van der Waals surface area contributed by atoms with Crippen LogP contribution in [-0.2, 0) is 0 Å². The summed E-state index contributed by atoms with van der Waals surface area (Å²) >= 11 is 0. The van der Waals surface area contributed by atoms with Crippen LogP contribution in [0.25, 0.3) is 0 Å². The Morgan fingerprint density at radius 1 is 1.00 bits per heavy atom. The molecule has 22 heavy (non-hydrogen) atoms. The predicted molar refractivity (Wildman–Crippen MR) is 94.0 cm³/mol. The minimum absolute atomic E-state index is 0.479. The van der Waals surface area contributed by atoms with Crippen molar-refractivity contribution < 1.29 is 8.78 Å². The van der Waals surface area contributed by atoms with E-state index in [0.29, 0.717) is 18.3 Å². The highest BCUT2D eigenvalue weighted by Gasteiger charge is 2.08. The third kappa shape index (κ3) is 11.5. The maximum atomic E-state index is 11.9. The topological polar surface area (TPSA) is 0 Å². The molecule has 0 aliphatic rings. The van der Waals surface area contributed by atoms with Gasteiger partial charge < -0.3 is 0 Å². The highest BCUT2D eigenvalue weighted by atomic mass is 19.3. The van der Waals surface area contributed by atoms with Crippen molar-refractivity contribution in [3.8, 4) is 0 Å². The van der Waals surface area contributed by atoms with Crippen LogP contribution in [0.2, 0.25) is 0 Å². The minimum atomic E-state index is -1.56. The highest BCUT2D eigenvalue weighted by molar-refractivity contribution is 5.25. The highest BCUT2D eigenvalue weighted by Crippen LogP contribution is 2.23. The van der Waals surface area contributed by atoms with Crippen LogP contribution in [0.1, 0.15) is 65.7 Å². The summed E-state index contributed by atoms with van der Waals surface area (Å²) in [5, 5.41) is 0. The van der Waals surface area contributed by atoms with Crippen molar-refractivity contribution >= 4 is 0 Å². The molecule has 0 spiro atoms. The first-order valence-electron chi connectivity index (χ1n) is 8.42. The zero-order valence-corrected chi connectivity index (χ0v) is 14.5. The van der Waals surface area contributed by atoms with Crippen LogP contribution in [0.15, 0.2) is 48.6 Å². The Morgan fingerprint density at radius 2 is 1.68 bits per heavy atom. The van der Waals surface area contributed by atoms with Crippen molar-refractivity contribution in [3.63, 3.8) is 0 Å². The van der Waals surface area contributed by atoms with Gasteiger partial charge in [0.05, 0.1) is 0 Å². The van der Waals surface area contributed by atoms with E-state index in [-0.39, 0.29) is 0 Å². The number of allylic oxidation sites excluding steroid dienone is 5. The lowest BCUT2D eigenvalue weighted by molar-refractivity contribution is 0.410. The molecule has 2 atom stereocenters. The molecular formula is C20H32F2. The van der Waals surface area contributed by atoms with Gasteiger partial charge in [0, 0.05) is 0 Å². The van der Waals surface area contributed by atoms with Gasteiger partial charge in [-0.3, -0.25) is 0 Å². The number of hydrogen-bond acceptors (Lipinski definition) is 0. The molecule has 0 saturated carbocycles. The Labute approximate surface area is 135 Å². The molecule has 0 heterocycles. The number of rotatable bonds is 12. The summed E-state index contributed by atoms with van der Waals surface area (Å²) in [5.74, 6) is 1.12. The first-order valence-corrected chi connectivity index (χ1v) is 8.42. The van der Waals surface area contributed by atoms with Gasteiger partial charge in [0.25, 0.3) is 6.08 Å². The molecule has 0 fully saturated rings. The molecule has 126 valence electrons. The smallest absolute Gasteiger partial charge is 0.174 e. The van der Waals surface area contributed by atoms with Crippen molar-refractivity contribution in [2.75, 3.05) is 0 Å². The second-order valence-electron chi connectivity index (χ2n) is 6.28. The molecule has 0 saturated heterocycles. The fourth-order valence-electron chi connectivity index (χ4n) is 2.22. The average molecular weight is 310 g/mol. The second-order valence-corrected chi connectivity index (χ2v) is 6.28. The van der Waals surface area contributed by atoms with Crippen LogP contribution in [0.3, 0.4) is 0 Å². The van der Waals surface area contributed by atoms with E-state index in [4.69, 9.17) is 0 Å². The normalized spacial score (nSPS) is 13.9. The van der Waals surface area contributed by atoms with E-state index >= 15 is 0 Å². The number of hydrogen-bond donors (Lipinski definition) is 0. The molecule has 0 N–H and O–H groups in total. The van der Waals surface area contributed by atoms with Gasteiger partial charge in [-0.15, -0.1) is 0 Å². The second kappa shape index (κ2) is 12.4. The standard InChI is InChI=1S/C20H32F2/c1-6-16(2)12-14-18(4)19(5)15-13-17(3)10-8-7-9-11-20(21)22/h11-12,14,17,19H,2,4,6-10,13,15H2,1,3,5H3/b14-12-. The summed E-state index contributed by atoms with van der Waals surface area (Å²) in [6.07, 6.45) is 10.3. The summed E-state index contributed by atoms with van der Waals surface area (Å²) < 4.78 is 23.8. The van der Waals surface area contributed by atoms with E-state index in [1.54, 1.807) is 0 Å². The molecule has 0 rings (SSSR count). The lowest BCUT2D eigenvalue weighted by Gasteiger charge is -2.16. The van der Waals surface area contributed by atoms with Crippen LogP contribution in [-0.4, -0.2) is 0 Å². The molecule has 0 bridgehead atoms. The van der Waals surface area contributed by atoms with Crippen molar-refractivity contribution in [2.24, 2.45) is 11.8 Å². The van der Waals surface area contributed by atoms with Crippen LogP contribution >= 0.6 is 0 Å². The van der Waals surface area contributed by atoms with Crippen LogP contribution in [0.4, 0.5) is 8.78 Å². The van der Waals surface area contributed by atoms with Crippen molar-refractivity contribution in [1.82, 2.24) is 0 Å². The van der Waals surface area contributed by atoms with Gasteiger partial charge >= 0.3 is 0 Å². The van der Waals surface area contributed by atoms with E-state index < -0.39 is 6.08 Å². The van der Waals surface area contributed by atoms with Crippen LogP contribution in [0.5, 0.6) is 0 Å². The fourth-order valence-corrected chi connectivity index (χ4v) is 2.22. The van der Waals surface area contributed by atoms with E-state index in [1.807, 2.05) is 0 Å².